The molecule has 0 spiro atoms. The summed E-state index contributed by atoms with van der Waals surface area (Å²) in [5.74, 6) is -1.37. The lowest BCUT2D eigenvalue weighted by atomic mass is 9.93. The van der Waals surface area contributed by atoms with Crippen molar-refractivity contribution in [3.8, 4) is 0 Å². The van der Waals surface area contributed by atoms with E-state index in [1.165, 1.54) is 4.90 Å². The summed E-state index contributed by atoms with van der Waals surface area (Å²) in [7, 11) is 0. The topological polar surface area (TPSA) is 120 Å². The maximum absolute atomic E-state index is 13.8. The van der Waals surface area contributed by atoms with E-state index in [0.717, 1.165) is 16.7 Å². The first-order valence-electron chi connectivity index (χ1n) is 13.6. The van der Waals surface area contributed by atoms with Crippen LogP contribution in [0, 0.1) is 0 Å². The second-order valence-electron chi connectivity index (χ2n) is 10.0. The monoisotopic (exact) mass is 552 g/mol. The van der Waals surface area contributed by atoms with E-state index in [2.05, 4.69) is 5.32 Å². The Labute approximate surface area is 233 Å². The van der Waals surface area contributed by atoms with Crippen LogP contribution >= 0.6 is 0 Å². The van der Waals surface area contributed by atoms with Gasteiger partial charge in [-0.05, 0) is 50.3 Å². The van der Waals surface area contributed by atoms with Gasteiger partial charge in [-0.25, -0.2) is 9.59 Å². The number of hydrogen-bond acceptors (Lipinski definition) is 9. The molecule has 10 nitrogen and oxygen atoms in total. The number of carbonyl (C=O) groups excluding carboxylic acids is 4. The van der Waals surface area contributed by atoms with Crippen molar-refractivity contribution in [3.05, 3.63) is 71.3 Å². The van der Waals surface area contributed by atoms with Gasteiger partial charge in [-0.1, -0.05) is 54.6 Å². The molecule has 2 unspecified atom stereocenters. The van der Waals surface area contributed by atoms with E-state index in [0.29, 0.717) is 12.8 Å². The fraction of sp³-hybridized carbons (Fsp3) is 0.467. The lowest BCUT2D eigenvalue weighted by molar-refractivity contribution is -0.159. The van der Waals surface area contributed by atoms with Crippen LogP contribution in [-0.2, 0) is 52.7 Å². The third-order valence-corrected chi connectivity index (χ3v) is 7.20. The predicted molar refractivity (Wildman–Crippen MR) is 144 cm³/mol. The minimum absolute atomic E-state index is 0.176. The van der Waals surface area contributed by atoms with E-state index < -0.39 is 48.4 Å². The van der Waals surface area contributed by atoms with Gasteiger partial charge >= 0.3 is 18.1 Å². The number of nitrogens with one attached hydrogen (secondary N) is 1. The maximum atomic E-state index is 13.8. The molecular weight excluding hydrogens is 516 g/mol. The van der Waals surface area contributed by atoms with E-state index in [-0.39, 0.29) is 32.1 Å². The summed E-state index contributed by atoms with van der Waals surface area (Å²) in [4.78, 5) is 52.7. The molecule has 1 N–H and O–H groups in total. The molecule has 0 saturated carbocycles. The molecule has 214 valence electrons. The Balaban J connectivity index is 1.47. The molecule has 0 radical (unpaired) electrons. The van der Waals surface area contributed by atoms with Gasteiger partial charge in [0.1, 0.15) is 24.8 Å². The molecule has 2 heterocycles. The first kappa shape index (κ1) is 29.1. The summed E-state index contributed by atoms with van der Waals surface area (Å²) in [6, 6.07) is 15.0. The Morgan fingerprint density at radius 3 is 2.40 bits per heavy atom. The molecular formula is C30H36N2O8. The second kappa shape index (κ2) is 13.4. The van der Waals surface area contributed by atoms with Gasteiger partial charge in [-0.3, -0.25) is 14.9 Å². The van der Waals surface area contributed by atoms with Crippen molar-refractivity contribution in [1.82, 2.24) is 10.2 Å². The zero-order chi connectivity index (χ0) is 28.6. The minimum atomic E-state index is -0.884. The van der Waals surface area contributed by atoms with Crippen molar-refractivity contribution in [1.29, 1.82) is 0 Å². The smallest absolute Gasteiger partial charge is 0.465 e. The molecule has 0 aliphatic carbocycles. The van der Waals surface area contributed by atoms with Crippen molar-refractivity contribution < 1.29 is 38.1 Å². The van der Waals surface area contributed by atoms with Crippen LogP contribution in [0.25, 0.3) is 0 Å². The van der Waals surface area contributed by atoms with Gasteiger partial charge < -0.3 is 23.8 Å². The Morgan fingerprint density at radius 2 is 1.73 bits per heavy atom. The van der Waals surface area contributed by atoms with Crippen molar-refractivity contribution in [3.63, 3.8) is 0 Å². The summed E-state index contributed by atoms with van der Waals surface area (Å²) in [5.41, 5.74) is 2.95. The summed E-state index contributed by atoms with van der Waals surface area (Å²) >= 11 is 0. The molecule has 2 aliphatic rings. The van der Waals surface area contributed by atoms with Gasteiger partial charge in [0.15, 0.2) is 6.10 Å². The number of cyclic esters (lactones) is 2. The van der Waals surface area contributed by atoms with Crippen LogP contribution in [0.4, 0.5) is 4.79 Å². The SMILES string of the molecule is CCOC(=O)[C@H](CCc1ccccc1)N[C@@H](C)C(=O)N1Cc2ccccc2C[C@H]1C(=O)OCC1OC(=O)OC1C. The average molecular weight is 553 g/mol. The standard InChI is InChI=1S/C30H36N2O8/c1-4-37-28(34)24(15-14-21-10-6-5-7-11-21)31-19(2)27(33)32-17-23-13-9-8-12-22(23)16-25(32)29(35)38-18-26-20(3)39-30(36)40-26/h5-13,19-20,24-26,31H,4,14-18H2,1-3H3/t19-,20?,24-,25-,26?/m0/s1. The van der Waals surface area contributed by atoms with Crippen LogP contribution in [0.2, 0.25) is 0 Å². The number of carbonyl (C=O) groups is 4. The Kier molecular flexibility index (Phi) is 9.76. The maximum Gasteiger partial charge on any atom is 0.509 e. The van der Waals surface area contributed by atoms with Crippen molar-refractivity contribution in [2.24, 2.45) is 0 Å². The molecule has 10 heteroatoms. The van der Waals surface area contributed by atoms with Crippen LogP contribution in [0.1, 0.15) is 43.9 Å². The first-order valence-corrected chi connectivity index (χ1v) is 13.6. The molecule has 0 aromatic heterocycles. The van der Waals surface area contributed by atoms with E-state index in [9.17, 15) is 19.2 Å². The number of aryl methyl sites for hydroxylation is 1. The highest BCUT2D eigenvalue weighted by Gasteiger charge is 2.40. The number of esters is 2. The molecule has 2 aromatic rings. The number of nitrogens with zero attached hydrogens (tertiary/aromatic N) is 1. The van der Waals surface area contributed by atoms with Crippen LogP contribution in [0.5, 0.6) is 0 Å². The average Bonchev–Trinajstić information content (AvgIpc) is 3.29. The van der Waals surface area contributed by atoms with Crippen LogP contribution in [-0.4, -0.2) is 72.4 Å². The number of ether oxygens (including phenoxy) is 4. The second-order valence-corrected chi connectivity index (χ2v) is 10.0. The third-order valence-electron chi connectivity index (χ3n) is 7.20. The van der Waals surface area contributed by atoms with Gasteiger partial charge in [0, 0.05) is 13.0 Å². The summed E-state index contributed by atoms with van der Waals surface area (Å²) in [6.07, 6.45) is -0.732. The van der Waals surface area contributed by atoms with Crippen LogP contribution in [0.15, 0.2) is 54.6 Å². The number of fused-ring (bicyclic) bond motifs is 1. The van der Waals surface area contributed by atoms with Gasteiger partial charge in [-0.2, -0.15) is 0 Å². The van der Waals surface area contributed by atoms with Crippen LogP contribution in [0.3, 0.4) is 0 Å². The van der Waals surface area contributed by atoms with Crippen molar-refractivity contribution >= 4 is 24.0 Å². The molecule has 0 bridgehead atoms. The van der Waals surface area contributed by atoms with Gasteiger partial charge in [0.05, 0.1) is 12.6 Å². The fourth-order valence-electron chi connectivity index (χ4n) is 4.96. The van der Waals surface area contributed by atoms with E-state index in [1.54, 1.807) is 20.8 Å². The largest absolute Gasteiger partial charge is 0.509 e. The van der Waals surface area contributed by atoms with E-state index >= 15 is 0 Å². The molecule has 2 aromatic carbocycles. The highest BCUT2D eigenvalue weighted by Crippen LogP contribution is 2.26. The quantitative estimate of drug-likeness (QED) is 0.331. The molecule has 40 heavy (non-hydrogen) atoms. The molecule has 1 amide bonds. The first-order chi connectivity index (χ1) is 19.3. The summed E-state index contributed by atoms with van der Waals surface area (Å²) in [6.45, 7) is 5.33. The Bertz CT molecular complexity index is 1200. The highest BCUT2D eigenvalue weighted by atomic mass is 16.8. The van der Waals surface area contributed by atoms with Gasteiger partial charge in [-0.15, -0.1) is 0 Å². The lowest BCUT2D eigenvalue weighted by Gasteiger charge is -2.37. The highest BCUT2D eigenvalue weighted by molar-refractivity contribution is 5.89. The number of hydrogen-bond donors (Lipinski definition) is 1. The van der Waals surface area contributed by atoms with Crippen molar-refractivity contribution in [2.75, 3.05) is 13.2 Å². The zero-order valence-corrected chi connectivity index (χ0v) is 23.0. The summed E-state index contributed by atoms with van der Waals surface area (Å²) < 4.78 is 20.8. The number of benzene rings is 2. The molecule has 5 atom stereocenters. The van der Waals surface area contributed by atoms with Gasteiger partial charge in [0.2, 0.25) is 5.91 Å². The lowest BCUT2D eigenvalue weighted by Crippen LogP contribution is -2.57. The van der Waals surface area contributed by atoms with E-state index in [1.807, 2.05) is 54.6 Å². The number of rotatable bonds is 11. The van der Waals surface area contributed by atoms with Crippen molar-refractivity contribution in [2.45, 2.75) is 76.9 Å². The molecule has 2 aliphatic heterocycles. The number of amides is 1. The molecule has 4 rings (SSSR count). The Morgan fingerprint density at radius 1 is 1.02 bits per heavy atom. The minimum Gasteiger partial charge on any atom is -0.465 e. The fourth-order valence-corrected chi connectivity index (χ4v) is 4.96. The Hall–Kier alpha value is -3.92. The molecule has 1 saturated heterocycles. The third kappa shape index (κ3) is 7.18. The van der Waals surface area contributed by atoms with Gasteiger partial charge in [0.25, 0.3) is 0 Å². The molecule has 1 fully saturated rings. The summed E-state index contributed by atoms with van der Waals surface area (Å²) in [5, 5.41) is 3.15. The van der Waals surface area contributed by atoms with Crippen LogP contribution < -0.4 is 5.32 Å². The van der Waals surface area contributed by atoms with E-state index in [4.69, 9.17) is 18.9 Å². The zero-order valence-electron chi connectivity index (χ0n) is 23.0. The predicted octanol–water partition coefficient (Wildman–Crippen LogP) is 2.95. The normalized spacial score (nSPS) is 21.4.